The number of hydrogen-bond acceptors (Lipinski definition) is 6. The summed E-state index contributed by atoms with van der Waals surface area (Å²) in [7, 11) is -1.63. The Labute approximate surface area is 160 Å². The van der Waals surface area contributed by atoms with Crippen LogP contribution in [0.5, 0.6) is 11.5 Å². The maximum Gasteiger partial charge on any atom is 0.341 e. The number of carbonyl (C=O) groups excluding carboxylic acids is 1. The Morgan fingerprint density at radius 3 is 2.25 bits per heavy atom. The topological polar surface area (TPSA) is 106 Å². The lowest BCUT2D eigenvalue weighted by molar-refractivity contribution is 0.234. The molecule has 0 bridgehead atoms. The highest BCUT2D eigenvalue weighted by molar-refractivity contribution is 7.91. The van der Waals surface area contributed by atoms with Gasteiger partial charge in [-0.15, -0.1) is 0 Å². The first-order valence-electron chi connectivity index (χ1n) is 7.90. The van der Waals surface area contributed by atoms with Gasteiger partial charge in [0.25, 0.3) is 0 Å². The van der Waals surface area contributed by atoms with E-state index in [4.69, 9.17) is 9.47 Å². The lowest BCUT2D eigenvalue weighted by Crippen LogP contribution is -2.38. The van der Waals surface area contributed by atoms with Crippen molar-refractivity contribution in [1.29, 1.82) is 0 Å². The Hall–Kier alpha value is -3.08. The average Bonchev–Trinajstić information content (AvgIpc) is 2.70. The van der Waals surface area contributed by atoms with Gasteiger partial charge < -0.3 is 14.8 Å². The summed E-state index contributed by atoms with van der Waals surface area (Å²) in [4.78, 5) is 11.3. The molecule has 0 atom stereocenters. The molecule has 2 amide bonds. The van der Waals surface area contributed by atoms with E-state index >= 15 is 0 Å². The number of halogens is 2. The SMILES string of the molecule is COc1ccc(CNC(=O)NNc2ccc(S(=O)(=O)C(F)F)cc2)cc1OC. The first kappa shape index (κ1) is 21.2. The van der Waals surface area contributed by atoms with E-state index in [-0.39, 0.29) is 6.54 Å². The molecule has 0 saturated heterocycles. The number of benzene rings is 2. The number of alkyl halides is 2. The van der Waals surface area contributed by atoms with E-state index < -0.39 is 26.5 Å². The molecule has 0 heterocycles. The molecule has 152 valence electrons. The Kier molecular flexibility index (Phi) is 6.99. The molecule has 0 radical (unpaired) electrons. The van der Waals surface area contributed by atoms with Crippen molar-refractivity contribution in [3.8, 4) is 11.5 Å². The van der Waals surface area contributed by atoms with Gasteiger partial charge >= 0.3 is 11.8 Å². The summed E-state index contributed by atoms with van der Waals surface area (Å²) in [5, 5.41) is 2.60. The van der Waals surface area contributed by atoms with Crippen molar-refractivity contribution >= 4 is 21.6 Å². The number of ether oxygens (including phenoxy) is 2. The number of anilines is 1. The fourth-order valence-corrected chi connectivity index (χ4v) is 2.90. The van der Waals surface area contributed by atoms with E-state index in [1.54, 1.807) is 18.2 Å². The quantitative estimate of drug-likeness (QED) is 0.572. The van der Waals surface area contributed by atoms with E-state index in [0.717, 1.165) is 17.7 Å². The minimum absolute atomic E-state index is 0.208. The number of rotatable bonds is 8. The van der Waals surface area contributed by atoms with E-state index in [1.165, 1.54) is 26.4 Å². The summed E-state index contributed by atoms with van der Waals surface area (Å²) in [6, 6.07) is 9.18. The molecule has 8 nitrogen and oxygen atoms in total. The van der Waals surface area contributed by atoms with E-state index in [1.807, 2.05) is 0 Å². The molecule has 2 rings (SSSR count). The second-order valence-corrected chi connectivity index (χ2v) is 7.37. The second kappa shape index (κ2) is 9.22. The number of carbonyl (C=O) groups is 1. The largest absolute Gasteiger partial charge is 0.493 e. The molecule has 0 aliphatic carbocycles. The maximum atomic E-state index is 12.5. The fourth-order valence-electron chi connectivity index (χ4n) is 2.18. The molecule has 2 aromatic carbocycles. The number of urea groups is 1. The number of hydrogen-bond donors (Lipinski definition) is 3. The summed E-state index contributed by atoms with van der Waals surface area (Å²) in [6.45, 7) is 0.208. The third-order valence-electron chi connectivity index (χ3n) is 3.64. The Bertz CT molecular complexity index is 921. The van der Waals surface area contributed by atoms with Crippen LogP contribution < -0.4 is 25.6 Å². The van der Waals surface area contributed by atoms with Gasteiger partial charge in [0.1, 0.15) is 0 Å². The van der Waals surface area contributed by atoms with Gasteiger partial charge in [0.05, 0.1) is 24.8 Å². The average molecular weight is 415 g/mol. The molecule has 3 N–H and O–H groups in total. The molecule has 0 aromatic heterocycles. The molecule has 0 saturated carbocycles. The number of amides is 2. The van der Waals surface area contributed by atoms with Crippen LogP contribution in [0.25, 0.3) is 0 Å². The number of sulfone groups is 1. The number of hydrazine groups is 1. The Morgan fingerprint density at radius 1 is 1.04 bits per heavy atom. The highest BCUT2D eigenvalue weighted by atomic mass is 32.2. The van der Waals surface area contributed by atoms with Gasteiger partial charge in [-0.25, -0.2) is 13.2 Å². The van der Waals surface area contributed by atoms with Crippen LogP contribution >= 0.6 is 0 Å². The summed E-state index contributed by atoms with van der Waals surface area (Å²) in [6.07, 6.45) is 0. The van der Waals surface area contributed by atoms with Crippen molar-refractivity contribution in [3.05, 3.63) is 48.0 Å². The van der Waals surface area contributed by atoms with E-state index in [0.29, 0.717) is 17.2 Å². The first-order valence-corrected chi connectivity index (χ1v) is 9.45. The molecule has 0 aliphatic rings. The number of nitrogens with one attached hydrogen (secondary N) is 3. The standard InChI is InChI=1S/C17H19F2N3O5S/c1-26-14-8-3-11(9-15(14)27-2)10-20-17(23)22-21-12-4-6-13(7-5-12)28(24,25)16(18)19/h3-9,16,21H,10H2,1-2H3,(H2,20,22,23). The van der Waals surface area contributed by atoms with Crippen molar-refractivity contribution in [1.82, 2.24) is 10.7 Å². The molecular formula is C17H19F2N3O5S. The third kappa shape index (κ3) is 5.22. The molecule has 11 heteroatoms. The number of methoxy groups -OCH3 is 2. The van der Waals surface area contributed by atoms with E-state index in [2.05, 4.69) is 16.2 Å². The molecule has 28 heavy (non-hydrogen) atoms. The van der Waals surface area contributed by atoms with E-state index in [9.17, 15) is 22.0 Å². The second-order valence-electron chi connectivity index (χ2n) is 5.45. The highest BCUT2D eigenvalue weighted by Crippen LogP contribution is 2.27. The van der Waals surface area contributed by atoms with Gasteiger partial charge in [0, 0.05) is 6.54 Å². The maximum absolute atomic E-state index is 12.5. The van der Waals surface area contributed by atoms with Crippen molar-refractivity contribution < 1.29 is 31.5 Å². The molecule has 0 aliphatic heterocycles. The predicted molar refractivity (Wildman–Crippen MR) is 98.2 cm³/mol. The molecular weight excluding hydrogens is 396 g/mol. The normalized spacial score (nSPS) is 11.0. The van der Waals surface area contributed by atoms with Gasteiger partial charge in [-0.2, -0.15) is 8.78 Å². The zero-order valence-corrected chi connectivity index (χ0v) is 15.8. The fraction of sp³-hybridized carbons (Fsp3) is 0.235. The summed E-state index contributed by atoms with van der Waals surface area (Å²) >= 11 is 0. The van der Waals surface area contributed by atoms with Gasteiger partial charge in [0.2, 0.25) is 9.84 Å². The lowest BCUT2D eigenvalue weighted by atomic mass is 10.2. The van der Waals surface area contributed by atoms with Crippen molar-refractivity contribution in [2.75, 3.05) is 19.6 Å². The zero-order valence-electron chi connectivity index (χ0n) is 15.0. The predicted octanol–water partition coefficient (Wildman–Crippen LogP) is 2.53. The van der Waals surface area contributed by atoms with Gasteiger partial charge in [-0.05, 0) is 42.0 Å². The smallest absolute Gasteiger partial charge is 0.341 e. The van der Waals surface area contributed by atoms with Crippen LogP contribution in [0.1, 0.15) is 5.56 Å². The summed E-state index contributed by atoms with van der Waals surface area (Å²) in [5.74, 6) is -2.40. The highest BCUT2D eigenvalue weighted by Gasteiger charge is 2.26. The minimum atomic E-state index is -4.66. The van der Waals surface area contributed by atoms with Crippen LogP contribution in [0.3, 0.4) is 0 Å². The minimum Gasteiger partial charge on any atom is -0.493 e. The van der Waals surface area contributed by atoms with Crippen LogP contribution in [-0.2, 0) is 16.4 Å². The van der Waals surface area contributed by atoms with Crippen molar-refractivity contribution in [2.24, 2.45) is 0 Å². The molecule has 0 spiro atoms. The van der Waals surface area contributed by atoms with Crippen LogP contribution in [0.15, 0.2) is 47.4 Å². The van der Waals surface area contributed by atoms with Crippen LogP contribution in [-0.4, -0.2) is 34.4 Å². The lowest BCUT2D eigenvalue weighted by Gasteiger charge is -2.12. The first-order chi connectivity index (χ1) is 13.3. The monoisotopic (exact) mass is 415 g/mol. The van der Waals surface area contributed by atoms with Crippen molar-refractivity contribution in [3.63, 3.8) is 0 Å². The summed E-state index contributed by atoms with van der Waals surface area (Å²) in [5.41, 5.74) is 5.97. The van der Waals surface area contributed by atoms with Gasteiger partial charge in [0.15, 0.2) is 11.5 Å². The zero-order chi connectivity index (χ0) is 20.7. The van der Waals surface area contributed by atoms with Crippen molar-refractivity contribution in [2.45, 2.75) is 17.2 Å². The van der Waals surface area contributed by atoms with Crippen LogP contribution in [0, 0.1) is 0 Å². The third-order valence-corrected chi connectivity index (χ3v) is 5.04. The molecule has 2 aromatic rings. The molecule has 0 unspecified atom stereocenters. The Balaban J connectivity index is 1.87. The Morgan fingerprint density at radius 2 is 1.68 bits per heavy atom. The van der Waals surface area contributed by atoms with Gasteiger partial charge in [-0.1, -0.05) is 6.07 Å². The summed E-state index contributed by atoms with van der Waals surface area (Å²) < 4.78 is 58.0. The van der Waals surface area contributed by atoms with Gasteiger partial charge in [-0.3, -0.25) is 10.9 Å². The van der Waals surface area contributed by atoms with Crippen LogP contribution in [0.4, 0.5) is 19.3 Å². The van der Waals surface area contributed by atoms with Crippen LogP contribution in [0.2, 0.25) is 0 Å². The molecule has 0 fully saturated rings.